The van der Waals surface area contributed by atoms with Gasteiger partial charge < -0.3 is 5.73 Å². The summed E-state index contributed by atoms with van der Waals surface area (Å²) in [6, 6.07) is 8.43. The molecule has 0 aliphatic rings. The van der Waals surface area contributed by atoms with Crippen molar-refractivity contribution in [1.29, 1.82) is 0 Å². The molecule has 0 unspecified atom stereocenters. The molecule has 0 saturated carbocycles. The van der Waals surface area contributed by atoms with Crippen LogP contribution in [0.25, 0.3) is 0 Å². The molecule has 0 radical (unpaired) electrons. The standard InChI is InChI=1S/C14H15Cl2N3O4S2/c15-11-3-1-9(7-12(11)16)5-6-24(20,21)19-13-8-10(17)2-4-14(13)25(18,22)23/h1-4,7-8,19H,5-6,17H2,(H2,18,22,23). The highest BCUT2D eigenvalue weighted by atomic mass is 35.5. The molecule has 0 spiro atoms. The molecular weight excluding hydrogens is 409 g/mol. The van der Waals surface area contributed by atoms with Crippen molar-refractivity contribution >= 4 is 54.6 Å². The highest BCUT2D eigenvalue weighted by molar-refractivity contribution is 7.93. The third kappa shape index (κ3) is 5.48. The summed E-state index contributed by atoms with van der Waals surface area (Å²) in [5, 5.41) is 5.77. The maximum Gasteiger partial charge on any atom is 0.240 e. The number of sulfonamides is 2. The van der Waals surface area contributed by atoms with Crippen LogP contribution in [-0.2, 0) is 26.5 Å². The topological polar surface area (TPSA) is 132 Å². The van der Waals surface area contributed by atoms with Crippen molar-refractivity contribution in [2.45, 2.75) is 11.3 Å². The Hall–Kier alpha value is -1.52. The minimum absolute atomic E-state index is 0.152. The second kappa shape index (κ2) is 7.38. The lowest BCUT2D eigenvalue weighted by Crippen LogP contribution is -2.21. The van der Waals surface area contributed by atoms with Gasteiger partial charge >= 0.3 is 0 Å². The third-order valence-corrected chi connectivity index (χ3v) is 6.20. The predicted octanol–water partition coefficient (Wildman–Crippen LogP) is 2.21. The molecule has 0 aliphatic heterocycles. The van der Waals surface area contributed by atoms with Gasteiger partial charge in [-0.2, -0.15) is 0 Å². The Morgan fingerprint density at radius 1 is 0.960 bits per heavy atom. The Bertz CT molecular complexity index is 1010. The molecule has 0 atom stereocenters. The second-order valence-corrected chi connectivity index (χ2v) is 9.41. The average molecular weight is 424 g/mol. The highest BCUT2D eigenvalue weighted by Crippen LogP contribution is 2.25. The van der Waals surface area contributed by atoms with Crippen molar-refractivity contribution in [2.24, 2.45) is 5.14 Å². The molecule has 136 valence electrons. The van der Waals surface area contributed by atoms with E-state index in [2.05, 4.69) is 4.72 Å². The van der Waals surface area contributed by atoms with Crippen LogP contribution in [0.1, 0.15) is 5.56 Å². The SMILES string of the molecule is Nc1ccc(S(N)(=O)=O)c(NS(=O)(=O)CCc2ccc(Cl)c(Cl)c2)c1. The summed E-state index contributed by atoms with van der Waals surface area (Å²) in [6.07, 6.45) is 0.152. The van der Waals surface area contributed by atoms with Gasteiger partial charge in [0.25, 0.3) is 0 Å². The van der Waals surface area contributed by atoms with Crippen molar-refractivity contribution in [3.05, 3.63) is 52.0 Å². The van der Waals surface area contributed by atoms with Crippen LogP contribution < -0.4 is 15.6 Å². The summed E-state index contributed by atoms with van der Waals surface area (Å²) in [7, 11) is -7.97. The lowest BCUT2D eigenvalue weighted by molar-refractivity contribution is 0.598. The number of nitrogen functional groups attached to an aromatic ring is 1. The van der Waals surface area contributed by atoms with Crippen LogP contribution in [0.3, 0.4) is 0 Å². The fraction of sp³-hybridized carbons (Fsp3) is 0.143. The zero-order valence-corrected chi connectivity index (χ0v) is 15.9. The Labute approximate surface area is 156 Å². The molecule has 2 aromatic carbocycles. The smallest absolute Gasteiger partial charge is 0.240 e. The molecule has 0 aliphatic carbocycles. The van der Waals surface area contributed by atoms with E-state index in [0.29, 0.717) is 15.6 Å². The summed E-state index contributed by atoms with van der Waals surface area (Å²) >= 11 is 11.7. The summed E-state index contributed by atoms with van der Waals surface area (Å²) < 4.78 is 49.9. The van der Waals surface area contributed by atoms with E-state index in [-0.39, 0.29) is 28.4 Å². The van der Waals surface area contributed by atoms with E-state index >= 15 is 0 Å². The van der Waals surface area contributed by atoms with Gasteiger partial charge in [-0.3, -0.25) is 4.72 Å². The number of halogens is 2. The Morgan fingerprint density at radius 3 is 2.24 bits per heavy atom. The average Bonchev–Trinajstić information content (AvgIpc) is 2.47. The number of hydrogen-bond acceptors (Lipinski definition) is 5. The van der Waals surface area contributed by atoms with Crippen molar-refractivity contribution in [2.75, 3.05) is 16.2 Å². The first-order chi connectivity index (χ1) is 11.5. The van der Waals surface area contributed by atoms with E-state index in [1.54, 1.807) is 18.2 Å². The van der Waals surface area contributed by atoms with Crippen LogP contribution in [0.5, 0.6) is 0 Å². The number of aryl methyl sites for hydroxylation is 1. The number of nitrogens with two attached hydrogens (primary N) is 2. The number of benzene rings is 2. The molecule has 2 rings (SSSR count). The molecule has 0 heterocycles. The number of primary sulfonamides is 1. The fourth-order valence-corrected chi connectivity index (χ4v) is 4.21. The lowest BCUT2D eigenvalue weighted by atomic mass is 10.2. The van der Waals surface area contributed by atoms with Crippen LogP contribution in [0.15, 0.2) is 41.3 Å². The molecule has 0 aromatic heterocycles. The predicted molar refractivity (Wildman–Crippen MR) is 99.8 cm³/mol. The normalized spacial score (nSPS) is 12.1. The third-order valence-electron chi connectivity index (χ3n) is 3.22. The Balaban J connectivity index is 2.21. The molecule has 0 saturated heterocycles. The minimum Gasteiger partial charge on any atom is -0.399 e. The highest BCUT2D eigenvalue weighted by Gasteiger charge is 2.19. The lowest BCUT2D eigenvalue weighted by Gasteiger charge is -2.12. The van der Waals surface area contributed by atoms with Gasteiger partial charge in [-0.15, -0.1) is 0 Å². The second-order valence-electron chi connectivity index (χ2n) is 5.22. The number of anilines is 2. The van der Waals surface area contributed by atoms with Gasteiger partial charge in [0.2, 0.25) is 20.0 Å². The quantitative estimate of drug-likeness (QED) is 0.612. The van der Waals surface area contributed by atoms with E-state index in [0.717, 1.165) is 6.07 Å². The van der Waals surface area contributed by atoms with E-state index in [9.17, 15) is 16.8 Å². The first-order valence-corrected chi connectivity index (χ1v) is 10.8. The first-order valence-electron chi connectivity index (χ1n) is 6.85. The molecule has 5 N–H and O–H groups in total. The Kier molecular flexibility index (Phi) is 5.85. The molecule has 0 bridgehead atoms. The van der Waals surface area contributed by atoms with Crippen LogP contribution in [0.4, 0.5) is 11.4 Å². The zero-order valence-electron chi connectivity index (χ0n) is 12.7. The van der Waals surface area contributed by atoms with Crippen molar-refractivity contribution in [3.63, 3.8) is 0 Å². The number of rotatable bonds is 6. The van der Waals surface area contributed by atoms with E-state index in [1.807, 2.05) is 0 Å². The summed E-state index contributed by atoms with van der Waals surface area (Å²) in [4.78, 5) is -0.361. The fourth-order valence-electron chi connectivity index (χ4n) is 2.04. The number of nitrogens with one attached hydrogen (secondary N) is 1. The zero-order chi connectivity index (χ0) is 18.8. The van der Waals surface area contributed by atoms with Gasteiger partial charge in [0.15, 0.2) is 0 Å². The van der Waals surface area contributed by atoms with Crippen molar-refractivity contribution in [3.8, 4) is 0 Å². The van der Waals surface area contributed by atoms with Crippen LogP contribution >= 0.6 is 23.2 Å². The maximum absolute atomic E-state index is 12.3. The largest absolute Gasteiger partial charge is 0.399 e. The molecular formula is C14H15Cl2N3O4S2. The first kappa shape index (κ1) is 19.8. The molecule has 25 heavy (non-hydrogen) atoms. The Morgan fingerprint density at radius 2 is 1.64 bits per heavy atom. The van der Waals surface area contributed by atoms with Gasteiger partial charge in [0, 0.05) is 5.69 Å². The van der Waals surface area contributed by atoms with Gasteiger partial charge in [-0.1, -0.05) is 29.3 Å². The van der Waals surface area contributed by atoms with E-state index in [4.69, 9.17) is 34.1 Å². The van der Waals surface area contributed by atoms with Crippen LogP contribution in [0, 0.1) is 0 Å². The van der Waals surface area contributed by atoms with Gasteiger partial charge in [0.05, 0.1) is 21.5 Å². The molecule has 0 fully saturated rings. The molecule has 7 nitrogen and oxygen atoms in total. The van der Waals surface area contributed by atoms with Crippen LogP contribution in [0.2, 0.25) is 10.0 Å². The van der Waals surface area contributed by atoms with Gasteiger partial charge in [-0.05, 0) is 42.3 Å². The number of hydrogen-bond donors (Lipinski definition) is 3. The summed E-state index contributed by atoms with van der Waals surface area (Å²) in [5.41, 5.74) is 6.25. The van der Waals surface area contributed by atoms with Crippen molar-refractivity contribution in [1.82, 2.24) is 0 Å². The summed E-state index contributed by atoms with van der Waals surface area (Å²) in [5.74, 6) is -0.302. The van der Waals surface area contributed by atoms with Crippen molar-refractivity contribution < 1.29 is 16.8 Å². The molecule has 2 aromatic rings. The maximum atomic E-state index is 12.3. The van der Waals surface area contributed by atoms with E-state index in [1.165, 1.54) is 12.1 Å². The monoisotopic (exact) mass is 423 g/mol. The van der Waals surface area contributed by atoms with E-state index < -0.39 is 20.0 Å². The van der Waals surface area contributed by atoms with Gasteiger partial charge in [0.1, 0.15) is 4.90 Å². The molecule has 11 heteroatoms. The van der Waals surface area contributed by atoms with Crippen LogP contribution in [-0.4, -0.2) is 22.6 Å². The molecule has 0 amide bonds. The minimum atomic E-state index is -4.11. The summed E-state index contributed by atoms with van der Waals surface area (Å²) in [6.45, 7) is 0. The van der Waals surface area contributed by atoms with Gasteiger partial charge in [-0.25, -0.2) is 22.0 Å².